The maximum atomic E-state index is 12.3. The van der Waals surface area contributed by atoms with E-state index >= 15 is 0 Å². The highest BCUT2D eigenvalue weighted by molar-refractivity contribution is 6.35. The number of carbonyl (C=O) groups is 1. The molecule has 0 unspecified atom stereocenters. The van der Waals surface area contributed by atoms with Gasteiger partial charge < -0.3 is 9.80 Å². The molecule has 1 heterocycles. The van der Waals surface area contributed by atoms with E-state index in [-0.39, 0.29) is 5.91 Å². The number of halogens is 2. The zero-order chi connectivity index (χ0) is 15.4. The third-order valence-corrected chi connectivity index (χ3v) is 4.41. The second-order valence-corrected chi connectivity index (χ2v) is 6.69. The zero-order valence-corrected chi connectivity index (χ0v) is 14.2. The summed E-state index contributed by atoms with van der Waals surface area (Å²) in [5.41, 5.74) is 2.22. The Morgan fingerprint density at radius 3 is 2.76 bits per heavy atom. The summed E-state index contributed by atoms with van der Waals surface area (Å²) in [7, 11) is 4.10. The molecule has 0 saturated heterocycles. The highest BCUT2D eigenvalue weighted by atomic mass is 35.5. The highest BCUT2D eigenvalue weighted by Crippen LogP contribution is 2.30. The molecular formula is C16H22Cl2N2O. The summed E-state index contributed by atoms with van der Waals surface area (Å²) in [6, 6.07) is 3.72. The fourth-order valence-corrected chi connectivity index (χ4v) is 3.25. The second kappa shape index (κ2) is 7.48. The fraction of sp³-hybridized carbons (Fsp3) is 0.562. The molecule has 3 nitrogen and oxygen atoms in total. The Kier molecular flexibility index (Phi) is 5.91. The average Bonchev–Trinajstić information content (AvgIpc) is 2.42. The minimum absolute atomic E-state index is 0.227. The monoisotopic (exact) mass is 328 g/mol. The third-order valence-electron chi connectivity index (χ3n) is 3.85. The van der Waals surface area contributed by atoms with Crippen molar-refractivity contribution in [1.82, 2.24) is 9.80 Å². The Hall–Kier alpha value is -0.770. The van der Waals surface area contributed by atoms with Gasteiger partial charge in [0.1, 0.15) is 0 Å². The third kappa shape index (κ3) is 4.60. The van der Waals surface area contributed by atoms with Crippen molar-refractivity contribution in [3.8, 4) is 0 Å². The number of rotatable bonds is 5. The SMILES string of the molecule is CN(C)CCCCC(=O)N1CCc2cc(Cl)cc(Cl)c2C1. The van der Waals surface area contributed by atoms with Gasteiger partial charge in [0, 0.05) is 29.6 Å². The molecule has 1 aromatic carbocycles. The number of fused-ring (bicyclic) bond motifs is 1. The number of benzene rings is 1. The van der Waals surface area contributed by atoms with E-state index in [2.05, 4.69) is 19.0 Å². The lowest BCUT2D eigenvalue weighted by Gasteiger charge is -2.30. The van der Waals surface area contributed by atoms with Crippen LogP contribution in [0.3, 0.4) is 0 Å². The molecule has 0 radical (unpaired) electrons. The van der Waals surface area contributed by atoms with E-state index in [1.54, 1.807) is 6.07 Å². The maximum Gasteiger partial charge on any atom is 0.222 e. The normalized spacial score (nSPS) is 14.4. The molecule has 0 bridgehead atoms. The van der Waals surface area contributed by atoms with Crippen molar-refractivity contribution in [3.63, 3.8) is 0 Å². The van der Waals surface area contributed by atoms with Crippen molar-refractivity contribution in [2.45, 2.75) is 32.2 Å². The lowest BCUT2D eigenvalue weighted by Crippen LogP contribution is -2.36. The predicted molar refractivity (Wildman–Crippen MR) is 88.0 cm³/mol. The minimum atomic E-state index is 0.227. The molecule has 0 aromatic heterocycles. The van der Waals surface area contributed by atoms with Crippen LogP contribution in [-0.2, 0) is 17.8 Å². The summed E-state index contributed by atoms with van der Waals surface area (Å²) in [6.07, 6.45) is 3.45. The number of hydrogen-bond acceptors (Lipinski definition) is 2. The molecule has 0 saturated carbocycles. The maximum absolute atomic E-state index is 12.3. The summed E-state index contributed by atoms with van der Waals surface area (Å²) in [4.78, 5) is 16.3. The second-order valence-electron chi connectivity index (χ2n) is 5.85. The van der Waals surface area contributed by atoms with Crippen LogP contribution in [0.4, 0.5) is 0 Å². The predicted octanol–water partition coefficient (Wildman–Crippen LogP) is 3.61. The molecule has 1 aliphatic rings. The Morgan fingerprint density at radius 1 is 1.29 bits per heavy atom. The van der Waals surface area contributed by atoms with Crippen LogP contribution < -0.4 is 0 Å². The van der Waals surface area contributed by atoms with Crippen molar-refractivity contribution in [1.29, 1.82) is 0 Å². The molecule has 21 heavy (non-hydrogen) atoms. The molecule has 0 atom stereocenters. The first-order valence-corrected chi connectivity index (χ1v) is 8.12. The first-order chi connectivity index (χ1) is 9.97. The van der Waals surface area contributed by atoms with Crippen molar-refractivity contribution in [2.24, 2.45) is 0 Å². The topological polar surface area (TPSA) is 23.6 Å². The van der Waals surface area contributed by atoms with Gasteiger partial charge in [-0.05, 0) is 63.2 Å². The van der Waals surface area contributed by atoms with E-state index in [1.165, 1.54) is 5.56 Å². The van der Waals surface area contributed by atoms with Gasteiger partial charge in [-0.1, -0.05) is 23.2 Å². The number of unbranched alkanes of at least 4 members (excludes halogenated alkanes) is 1. The fourth-order valence-electron chi connectivity index (χ4n) is 2.66. The van der Waals surface area contributed by atoms with Crippen molar-refractivity contribution in [3.05, 3.63) is 33.3 Å². The van der Waals surface area contributed by atoms with Gasteiger partial charge in [0.2, 0.25) is 5.91 Å². The van der Waals surface area contributed by atoms with Crippen LogP contribution in [0.5, 0.6) is 0 Å². The average molecular weight is 329 g/mol. The molecule has 0 spiro atoms. The van der Waals surface area contributed by atoms with Gasteiger partial charge >= 0.3 is 0 Å². The standard InChI is InChI=1S/C16H22Cl2N2O/c1-19(2)7-4-3-5-16(21)20-8-6-12-9-13(17)10-15(18)14(12)11-20/h9-10H,3-8,11H2,1-2H3. The quantitative estimate of drug-likeness (QED) is 0.771. The van der Waals surface area contributed by atoms with Crippen LogP contribution in [0.25, 0.3) is 0 Å². The molecule has 1 aromatic rings. The molecule has 0 aliphatic carbocycles. The number of carbonyl (C=O) groups excluding carboxylic acids is 1. The highest BCUT2D eigenvalue weighted by Gasteiger charge is 2.22. The molecule has 2 rings (SSSR count). The summed E-state index contributed by atoms with van der Waals surface area (Å²) in [5, 5.41) is 1.34. The zero-order valence-electron chi connectivity index (χ0n) is 12.7. The molecule has 1 amide bonds. The van der Waals surface area contributed by atoms with Gasteiger partial charge in [-0.3, -0.25) is 4.79 Å². The van der Waals surface area contributed by atoms with Crippen LogP contribution in [0.1, 0.15) is 30.4 Å². The lowest BCUT2D eigenvalue weighted by atomic mass is 9.99. The Morgan fingerprint density at radius 2 is 2.05 bits per heavy atom. The van der Waals surface area contributed by atoms with E-state index in [1.807, 2.05) is 11.0 Å². The van der Waals surface area contributed by atoms with Crippen LogP contribution >= 0.6 is 23.2 Å². The number of hydrogen-bond donors (Lipinski definition) is 0. The van der Waals surface area contributed by atoms with Gasteiger partial charge in [-0.25, -0.2) is 0 Å². The first-order valence-electron chi connectivity index (χ1n) is 7.36. The molecule has 0 fully saturated rings. The summed E-state index contributed by atoms with van der Waals surface area (Å²) in [5.74, 6) is 0.227. The van der Waals surface area contributed by atoms with Crippen LogP contribution in [0.15, 0.2) is 12.1 Å². The number of nitrogens with zero attached hydrogens (tertiary/aromatic N) is 2. The van der Waals surface area contributed by atoms with Gasteiger partial charge in [0.05, 0.1) is 0 Å². The molecular weight excluding hydrogens is 307 g/mol. The summed E-state index contributed by atoms with van der Waals surface area (Å²) in [6.45, 7) is 2.40. The van der Waals surface area contributed by atoms with Crippen LogP contribution in [0.2, 0.25) is 10.0 Å². The van der Waals surface area contributed by atoms with E-state index in [0.29, 0.717) is 23.0 Å². The summed E-state index contributed by atoms with van der Waals surface area (Å²) >= 11 is 12.3. The van der Waals surface area contributed by atoms with Gasteiger partial charge in [0.25, 0.3) is 0 Å². The molecule has 1 aliphatic heterocycles. The Labute approximate surface area is 136 Å². The van der Waals surface area contributed by atoms with Crippen LogP contribution in [-0.4, -0.2) is 42.9 Å². The largest absolute Gasteiger partial charge is 0.338 e. The van der Waals surface area contributed by atoms with Crippen LogP contribution in [0, 0.1) is 0 Å². The Bertz CT molecular complexity index is 517. The van der Waals surface area contributed by atoms with E-state index in [0.717, 1.165) is 37.9 Å². The van der Waals surface area contributed by atoms with Gasteiger partial charge in [0.15, 0.2) is 0 Å². The molecule has 116 valence electrons. The van der Waals surface area contributed by atoms with Crippen molar-refractivity contribution in [2.75, 3.05) is 27.2 Å². The van der Waals surface area contributed by atoms with E-state index < -0.39 is 0 Å². The smallest absolute Gasteiger partial charge is 0.222 e. The minimum Gasteiger partial charge on any atom is -0.338 e. The number of amides is 1. The van der Waals surface area contributed by atoms with E-state index in [9.17, 15) is 4.79 Å². The Balaban J connectivity index is 1.90. The van der Waals surface area contributed by atoms with Crippen molar-refractivity contribution >= 4 is 29.1 Å². The van der Waals surface area contributed by atoms with E-state index in [4.69, 9.17) is 23.2 Å². The first kappa shape index (κ1) is 16.6. The van der Waals surface area contributed by atoms with Gasteiger partial charge in [-0.2, -0.15) is 0 Å². The summed E-state index contributed by atoms with van der Waals surface area (Å²) < 4.78 is 0. The lowest BCUT2D eigenvalue weighted by molar-refractivity contribution is -0.132. The molecule has 0 N–H and O–H groups in total. The molecule has 5 heteroatoms. The van der Waals surface area contributed by atoms with Gasteiger partial charge in [-0.15, -0.1) is 0 Å². The van der Waals surface area contributed by atoms with Crippen molar-refractivity contribution < 1.29 is 4.79 Å².